The highest BCUT2D eigenvalue weighted by Gasteiger charge is 2.24. The lowest BCUT2D eigenvalue weighted by molar-refractivity contribution is -0.119. The lowest BCUT2D eigenvalue weighted by Gasteiger charge is -2.13. The van der Waals surface area contributed by atoms with E-state index in [0.29, 0.717) is 6.04 Å². The Balaban J connectivity index is 2.05. The first kappa shape index (κ1) is 12.3. The first-order chi connectivity index (χ1) is 8.22. The fourth-order valence-corrected chi connectivity index (χ4v) is 2.97. The molecule has 1 aromatic heterocycles. The molecular formula is C10H17N5OS. The number of amides is 1. The van der Waals surface area contributed by atoms with Crippen LogP contribution in [-0.4, -0.2) is 38.4 Å². The maximum Gasteiger partial charge on any atom is 0.233 e. The van der Waals surface area contributed by atoms with Crippen LogP contribution < -0.4 is 5.32 Å². The van der Waals surface area contributed by atoms with E-state index < -0.39 is 0 Å². The molecule has 1 N–H and O–H groups in total. The summed E-state index contributed by atoms with van der Waals surface area (Å²) in [6.45, 7) is 1.86. The molecule has 0 radical (unpaired) electrons. The van der Waals surface area contributed by atoms with E-state index in [1.54, 1.807) is 7.05 Å². The maximum atomic E-state index is 11.5. The highest BCUT2D eigenvalue weighted by Crippen LogP contribution is 2.32. The normalized spacial score (nSPS) is 18.2. The summed E-state index contributed by atoms with van der Waals surface area (Å²) in [6.07, 6.45) is 4.74. The second kappa shape index (κ2) is 5.48. The first-order valence-electron chi connectivity index (χ1n) is 5.88. The Morgan fingerprint density at radius 3 is 2.88 bits per heavy atom. The lowest BCUT2D eigenvalue weighted by Crippen LogP contribution is -2.27. The van der Waals surface area contributed by atoms with Gasteiger partial charge in [-0.3, -0.25) is 4.79 Å². The van der Waals surface area contributed by atoms with Crippen molar-refractivity contribution >= 4 is 17.7 Å². The van der Waals surface area contributed by atoms with Gasteiger partial charge in [0.05, 0.1) is 11.3 Å². The van der Waals surface area contributed by atoms with Gasteiger partial charge in [-0.05, 0) is 30.2 Å². The van der Waals surface area contributed by atoms with E-state index in [1.807, 2.05) is 11.6 Å². The summed E-state index contributed by atoms with van der Waals surface area (Å²) in [5, 5.41) is 15.0. The van der Waals surface area contributed by atoms with Gasteiger partial charge in [0.1, 0.15) is 0 Å². The maximum absolute atomic E-state index is 11.5. The molecule has 1 aliphatic carbocycles. The Bertz CT molecular complexity index is 388. The minimum absolute atomic E-state index is 0.00373. The van der Waals surface area contributed by atoms with Crippen LogP contribution in [-0.2, 0) is 4.79 Å². The molecule has 7 heteroatoms. The van der Waals surface area contributed by atoms with Gasteiger partial charge in [0.15, 0.2) is 0 Å². The van der Waals surface area contributed by atoms with Crippen molar-refractivity contribution in [2.24, 2.45) is 0 Å². The highest BCUT2D eigenvalue weighted by molar-refractivity contribution is 8.00. The van der Waals surface area contributed by atoms with Gasteiger partial charge in [0.25, 0.3) is 0 Å². The van der Waals surface area contributed by atoms with Crippen LogP contribution in [0.2, 0.25) is 0 Å². The molecule has 17 heavy (non-hydrogen) atoms. The number of hydrogen-bond donors (Lipinski definition) is 1. The molecule has 6 nitrogen and oxygen atoms in total. The fourth-order valence-electron chi connectivity index (χ4n) is 2.06. The van der Waals surface area contributed by atoms with Crippen LogP contribution in [0.4, 0.5) is 0 Å². The van der Waals surface area contributed by atoms with Gasteiger partial charge in [-0.2, -0.15) is 0 Å². The number of tetrazole rings is 1. The van der Waals surface area contributed by atoms with Crippen molar-refractivity contribution in [2.45, 2.75) is 49.1 Å². The van der Waals surface area contributed by atoms with Crippen LogP contribution in [0.5, 0.6) is 0 Å². The topological polar surface area (TPSA) is 72.7 Å². The molecule has 1 atom stereocenters. The Morgan fingerprint density at radius 1 is 1.53 bits per heavy atom. The summed E-state index contributed by atoms with van der Waals surface area (Å²) in [6, 6.07) is 0.407. The van der Waals surface area contributed by atoms with Crippen LogP contribution in [0.1, 0.15) is 38.6 Å². The van der Waals surface area contributed by atoms with Crippen molar-refractivity contribution in [3.05, 3.63) is 0 Å². The van der Waals surface area contributed by atoms with Crippen LogP contribution in [0.15, 0.2) is 5.16 Å². The van der Waals surface area contributed by atoms with Gasteiger partial charge < -0.3 is 5.32 Å². The zero-order valence-corrected chi connectivity index (χ0v) is 10.9. The molecule has 1 heterocycles. The number of carbonyl (C=O) groups is 1. The Kier molecular flexibility index (Phi) is 3.98. The third-order valence-corrected chi connectivity index (χ3v) is 4.08. The Labute approximate surface area is 105 Å². The van der Waals surface area contributed by atoms with Gasteiger partial charge in [-0.15, -0.1) is 5.10 Å². The zero-order valence-electron chi connectivity index (χ0n) is 10.1. The molecule has 0 saturated heterocycles. The summed E-state index contributed by atoms with van der Waals surface area (Å²) in [5.41, 5.74) is 0. The number of rotatable bonds is 4. The predicted octanol–water partition coefficient (Wildman–Crippen LogP) is 1.01. The molecule has 1 saturated carbocycles. The number of carbonyl (C=O) groups excluding carboxylic acids is 1. The molecular weight excluding hydrogens is 238 g/mol. The predicted molar refractivity (Wildman–Crippen MR) is 64.7 cm³/mol. The second-order valence-electron chi connectivity index (χ2n) is 4.22. The molecule has 2 rings (SSSR count). The molecule has 0 bridgehead atoms. The first-order valence-corrected chi connectivity index (χ1v) is 6.76. The average Bonchev–Trinajstić information content (AvgIpc) is 2.97. The Morgan fingerprint density at radius 2 is 2.24 bits per heavy atom. The third-order valence-electron chi connectivity index (χ3n) is 3.03. The second-order valence-corrected chi connectivity index (χ2v) is 5.53. The largest absolute Gasteiger partial charge is 0.358 e. The van der Waals surface area contributed by atoms with Gasteiger partial charge in [0.2, 0.25) is 11.1 Å². The van der Waals surface area contributed by atoms with Crippen LogP contribution in [0.25, 0.3) is 0 Å². The summed E-state index contributed by atoms with van der Waals surface area (Å²) < 4.78 is 1.87. The smallest absolute Gasteiger partial charge is 0.233 e. The van der Waals surface area contributed by atoms with Gasteiger partial charge in [0, 0.05) is 7.05 Å². The number of hydrogen-bond acceptors (Lipinski definition) is 5. The number of nitrogens with one attached hydrogen (secondary N) is 1. The standard InChI is InChI=1S/C10H17N5OS/c1-7(9(16)11-2)17-10-12-13-14-15(10)8-5-3-4-6-8/h7-8H,3-6H2,1-2H3,(H,11,16)/t7-/m0/s1. The quantitative estimate of drug-likeness (QED) is 0.813. The van der Waals surface area contributed by atoms with E-state index in [0.717, 1.165) is 18.0 Å². The van der Waals surface area contributed by atoms with Crippen molar-refractivity contribution in [3.63, 3.8) is 0 Å². The van der Waals surface area contributed by atoms with E-state index in [2.05, 4.69) is 20.8 Å². The van der Waals surface area contributed by atoms with Crippen LogP contribution >= 0.6 is 11.8 Å². The van der Waals surface area contributed by atoms with E-state index >= 15 is 0 Å². The molecule has 0 aromatic carbocycles. The van der Waals surface area contributed by atoms with E-state index in [1.165, 1.54) is 24.6 Å². The molecule has 94 valence electrons. The SMILES string of the molecule is CNC(=O)[C@H](C)Sc1nnnn1C1CCCC1. The van der Waals surface area contributed by atoms with Crippen molar-refractivity contribution < 1.29 is 4.79 Å². The van der Waals surface area contributed by atoms with E-state index in [-0.39, 0.29) is 11.2 Å². The number of aromatic nitrogens is 4. The fraction of sp³-hybridized carbons (Fsp3) is 0.800. The average molecular weight is 255 g/mol. The summed E-state index contributed by atoms with van der Waals surface area (Å²) in [4.78, 5) is 11.5. The van der Waals surface area contributed by atoms with Gasteiger partial charge in [-0.25, -0.2) is 4.68 Å². The summed E-state index contributed by atoms with van der Waals surface area (Å²) >= 11 is 1.41. The number of thioether (sulfide) groups is 1. The summed E-state index contributed by atoms with van der Waals surface area (Å²) in [5.74, 6) is -0.00373. The monoisotopic (exact) mass is 255 g/mol. The third kappa shape index (κ3) is 2.77. The number of nitrogens with zero attached hydrogens (tertiary/aromatic N) is 4. The van der Waals surface area contributed by atoms with Crippen LogP contribution in [0.3, 0.4) is 0 Å². The zero-order chi connectivity index (χ0) is 12.3. The molecule has 0 unspecified atom stereocenters. The Hall–Kier alpha value is -1.11. The van der Waals surface area contributed by atoms with Crippen molar-refractivity contribution in [3.8, 4) is 0 Å². The molecule has 0 aliphatic heterocycles. The molecule has 1 fully saturated rings. The molecule has 1 amide bonds. The van der Waals surface area contributed by atoms with Crippen molar-refractivity contribution in [1.29, 1.82) is 0 Å². The van der Waals surface area contributed by atoms with Crippen molar-refractivity contribution in [2.75, 3.05) is 7.05 Å². The molecule has 1 aromatic rings. The van der Waals surface area contributed by atoms with E-state index in [9.17, 15) is 4.79 Å². The molecule has 1 aliphatic rings. The van der Waals surface area contributed by atoms with Crippen LogP contribution in [0, 0.1) is 0 Å². The highest BCUT2D eigenvalue weighted by atomic mass is 32.2. The minimum atomic E-state index is -0.175. The lowest BCUT2D eigenvalue weighted by atomic mass is 10.3. The minimum Gasteiger partial charge on any atom is -0.358 e. The van der Waals surface area contributed by atoms with Crippen molar-refractivity contribution in [1.82, 2.24) is 25.5 Å². The molecule has 0 spiro atoms. The van der Waals surface area contributed by atoms with Gasteiger partial charge >= 0.3 is 0 Å². The summed E-state index contributed by atoms with van der Waals surface area (Å²) in [7, 11) is 1.64. The van der Waals surface area contributed by atoms with Gasteiger partial charge in [-0.1, -0.05) is 24.6 Å². The van der Waals surface area contributed by atoms with E-state index in [4.69, 9.17) is 0 Å².